The van der Waals surface area contributed by atoms with E-state index in [1.807, 2.05) is 4.90 Å². The van der Waals surface area contributed by atoms with Crippen LogP contribution in [0.25, 0.3) is 0 Å². The van der Waals surface area contributed by atoms with Crippen LogP contribution in [0.2, 0.25) is 0 Å². The Kier molecular flexibility index (Phi) is 4.88. The van der Waals surface area contributed by atoms with Gasteiger partial charge in [0.25, 0.3) is 0 Å². The van der Waals surface area contributed by atoms with Gasteiger partial charge >= 0.3 is 6.03 Å². The van der Waals surface area contributed by atoms with Gasteiger partial charge in [-0.3, -0.25) is 0 Å². The molecule has 88 valence electrons. The molecule has 2 amide bonds. The zero-order valence-corrected chi connectivity index (χ0v) is 9.83. The van der Waals surface area contributed by atoms with Crippen molar-refractivity contribution in [2.75, 3.05) is 26.2 Å². The zero-order chi connectivity index (χ0) is 11.3. The summed E-state index contributed by atoms with van der Waals surface area (Å²) in [6, 6.07) is 0.0826. The van der Waals surface area contributed by atoms with Gasteiger partial charge < -0.3 is 16.0 Å². The van der Waals surface area contributed by atoms with Crippen LogP contribution < -0.4 is 11.1 Å². The maximum Gasteiger partial charge on any atom is 0.317 e. The Hall–Kier alpha value is -0.770. The average Bonchev–Trinajstić information content (AvgIpc) is 2.26. The van der Waals surface area contributed by atoms with Gasteiger partial charge in [0.05, 0.1) is 0 Å². The summed E-state index contributed by atoms with van der Waals surface area (Å²) >= 11 is 0. The SMILES string of the molecule is CC(C)CNC(=O)N1CCC(CN)CC1. The Bertz CT molecular complexity index is 198. The van der Waals surface area contributed by atoms with Crippen molar-refractivity contribution in [3.63, 3.8) is 0 Å². The minimum Gasteiger partial charge on any atom is -0.338 e. The molecule has 0 spiro atoms. The number of hydrogen-bond donors (Lipinski definition) is 2. The Morgan fingerprint density at radius 2 is 2.07 bits per heavy atom. The molecule has 3 N–H and O–H groups in total. The number of likely N-dealkylation sites (tertiary alicyclic amines) is 1. The van der Waals surface area contributed by atoms with Crippen molar-refractivity contribution in [1.82, 2.24) is 10.2 Å². The summed E-state index contributed by atoms with van der Waals surface area (Å²) in [5.41, 5.74) is 5.60. The van der Waals surface area contributed by atoms with Crippen LogP contribution in [0, 0.1) is 11.8 Å². The van der Waals surface area contributed by atoms with Gasteiger partial charge in [0.2, 0.25) is 0 Å². The fourth-order valence-electron chi connectivity index (χ4n) is 1.77. The third-order valence-corrected chi connectivity index (χ3v) is 2.90. The van der Waals surface area contributed by atoms with Crippen molar-refractivity contribution in [2.45, 2.75) is 26.7 Å². The molecule has 0 aromatic rings. The highest BCUT2D eigenvalue weighted by atomic mass is 16.2. The summed E-state index contributed by atoms with van der Waals surface area (Å²) in [5.74, 6) is 1.12. The van der Waals surface area contributed by atoms with E-state index in [0.717, 1.165) is 39.0 Å². The second-order valence-electron chi connectivity index (χ2n) is 4.75. The highest BCUT2D eigenvalue weighted by Gasteiger charge is 2.21. The number of urea groups is 1. The van der Waals surface area contributed by atoms with Crippen molar-refractivity contribution in [1.29, 1.82) is 0 Å². The van der Waals surface area contributed by atoms with Gasteiger partial charge in [0, 0.05) is 19.6 Å². The van der Waals surface area contributed by atoms with Crippen molar-refractivity contribution in [2.24, 2.45) is 17.6 Å². The van der Waals surface area contributed by atoms with Crippen molar-refractivity contribution in [3.05, 3.63) is 0 Å². The van der Waals surface area contributed by atoms with E-state index in [4.69, 9.17) is 5.73 Å². The number of carbonyl (C=O) groups excluding carboxylic acids is 1. The van der Waals surface area contributed by atoms with Gasteiger partial charge in [0.1, 0.15) is 0 Å². The van der Waals surface area contributed by atoms with Gasteiger partial charge in [-0.2, -0.15) is 0 Å². The molecule has 15 heavy (non-hydrogen) atoms. The molecule has 0 unspecified atom stereocenters. The third kappa shape index (κ3) is 4.08. The summed E-state index contributed by atoms with van der Waals surface area (Å²) in [4.78, 5) is 13.6. The maximum atomic E-state index is 11.7. The lowest BCUT2D eigenvalue weighted by molar-refractivity contribution is 0.171. The Morgan fingerprint density at radius 1 is 1.47 bits per heavy atom. The average molecular weight is 213 g/mol. The van der Waals surface area contributed by atoms with Gasteiger partial charge in [-0.25, -0.2) is 4.79 Å². The van der Waals surface area contributed by atoms with Crippen LogP contribution in [0.1, 0.15) is 26.7 Å². The lowest BCUT2D eigenvalue weighted by Crippen LogP contribution is -2.46. The number of rotatable bonds is 3. The van der Waals surface area contributed by atoms with Gasteiger partial charge in [0.15, 0.2) is 0 Å². The van der Waals surface area contributed by atoms with E-state index in [-0.39, 0.29) is 6.03 Å². The molecule has 4 heteroatoms. The Balaban J connectivity index is 2.24. The quantitative estimate of drug-likeness (QED) is 0.735. The molecular weight excluding hydrogens is 190 g/mol. The number of amides is 2. The number of carbonyl (C=O) groups is 1. The molecule has 1 aliphatic rings. The maximum absolute atomic E-state index is 11.7. The molecule has 0 saturated carbocycles. The summed E-state index contributed by atoms with van der Waals surface area (Å²) in [6.07, 6.45) is 2.09. The molecule has 4 nitrogen and oxygen atoms in total. The first-order valence-electron chi connectivity index (χ1n) is 5.86. The molecule has 1 fully saturated rings. The second kappa shape index (κ2) is 5.95. The monoisotopic (exact) mass is 213 g/mol. The van der Waals surface area contributed by atoms with Gasteiger partial charge in [-0.15, -0.1) is 0 Å². The fourth-order valence-corrected chi connectivity index (χ4v) is 1.77. The van der Waals surface area contributed by atoms with Gasteiger partial charge in [-0.05, 0) is 31.2 Å². The van der Waals surface area contributed by atoms with E-state index >= 15 is 0 Å². The summed E-state index contributed by atoms with van der Waals surface area (Å²) in [5, 5.41) is 2.94. The summed E-state index contributed by atoms with van der Waals surface area (Å²) in [7, 11) is 0. The molecular formula is C11H23N3O. The van der Waals surface area contributed by atoms with E-state index in [1.165, 1.54) is 0 Å². The van der Waals surface area contributed by atoms with E-state index in [2.05, 4.69) is 19.2 Å². The first-order valence-corrected chi connectivity index (χ1v) is 5.86. The number of nitrogens with zero attached hydrogens (tertiary/aromatic N) is 1. The molecule has 0 aliphatic carbocycles. The standard InChI is InChI=1S/C11H23N3O/c1-9(2)8-13-11(15)14-5-3-10(7-12)4-6-14/h9-10H,3-8,12H2,1-2H3,(H,13,15). The zero-order valence-electron chi connectivity index (χ0n) is 9.83. The normalized spacial score (nSPS) is 18.3. The van der Waals surface area contributed by atoms with E-state index in [9.17, 15) is 4.79 Å². The van der Waals surface area contributed by atoms with Crippen molar-refractivity contribution in [3.8, 4) is 0 Å². The first kappa shape index (κ1) is 12.3. The van der Waals surface area contributed by atoms with Crippen LogP contribution >= 0.6 is 0 Å². The first-order chi connectivity index (χ1) is 7.13. The fraction of sp³-hybridized carbons (Fsp3) is 0.909. The molecule has 0 aromatic heterocycles. The molecule has 1 rings (SSSR count). The predicted molar refractivity (Wildman–Crippen MR) is 61.6 cm³/mol. The molecule has 0 aromatic carbocycles. The lowest BCUT2D eigenvalue weighted by atomic mass is 9.97. The van der Waals surface area contributed by atoms with Crippen molar-refractivity contribution < 1.29 is 4.79 Å². The van der Waals surface area contributed by atoms with E-state index in [0.29, 0.717) is 11.8 Å². The van der Waals surface area contributed by atoms with Crippen molar-refractivity contribution >= 4 is 6.03 Å². The Morgan fingerprint density at radius 3 is 2.53 bits per heavy atom. The smallest absolute Gasteiger partial charge is 0.317 e. The predicted octanol–water partition coefficient (Wildman–Crippen LogP) is 1.02. The van der Waals surface area contributed by atoms with Crippen LogP contribution in [-0.4, -0.2) is 37.1 Å². The Labute approximate surface area is 92.2 Å². The van der Waals surface area contributed by atoms with E-state index < -0.39 is 0 Å². The minimum atomic E-state index is 0.0826. The minimum absolute atomic E-state index is 0.0826. The molecule has 0 atom stereocenters. The van der Waals surface area contributed by atoms with Crippen LogP contribution in [-0.2, 0) is 0 Å². The molecule has 1 heterocycles. The van der Waals surface area contributed by atoms with Crippen LogP contribution in [0.5, 0.6) is 0 Å². The second-order valence-corrected chi connectivity index (χ2v) is 4.75. The van der Waals surface area contributed by atoms with Crippen LogP contribution in [0.3, 0.4) is 0 Å². The van der Waals surface area contributed by atoms with E-state index in [1.54, 1.807) is 0 Å². The van der Waals surface area contributed by atoms with Crippen LogP contribution in [0.4, 0.5) is 4.79 Å². The highest BCUT2D eigenvalue weighted by Crippen LogP contribution is 2.15. The topological polar surface area (TPSA) is 58.4 Å². The van der Waals surface area contributed by atoms with Gasteiger partial charge in [-0.1, -0.05) is 13.8 Å². The molecule has 1 aliphatic heterocycles. The number of nitrogens with one attached hydrogen (secondary N) is 1. The third-order valence-electron chi connectivity index (χ3n) is 2.90. The lowest BCUT2D eigenvalue weighted by Gasteiger charge is -2.31. The summed E-state index contributed by atoms with van der Waals surface area (Å²) in [6.45, 7) is 7.41. The molecule has 0 radical (unpaired) electrons. The number of nitrogens with two attached hydrogens (primary N) is 1. The summed E-state index contributed by atoms with van der Waals surface area (Å²) < 4.78 is 0. The number of piperidine rings is 1. The largest absolute Gasteiger partial charge is 0.338 e. The highest BCUT2D eigenvalue weighted by molar-refractivity contribution is 5.74. The number of hydrogen-bond acceptors (Lipinski definition) is 2. The molecule has 1 saturated heterocycles. The molecule has 0 bridgehead atoms. The van der Waals surface area contributed by atoms with Crippen LogP contribution in [0.15, 0.2) is 0 Å².